The molecule has 2 N–H and O–H groups in total. The monoisotopic (exact) mass is 826 g/mol. The Balaban J connectivity index is 1.88. The Bertz CT molecular complexity index is 1950. The molecule has 50 heavy (non-hydrogen) atoms. The molecule has 8 heteroatoms. The van der Waals surface area contributed by atoms with Crippen LogP contribution in [0.5, 0.6) is 0 Å². The van der Waals surface area contributed by atoms with Gasteiger partial charge in [0.1, 0.15) is 16.1 Å². The number of aromatic amines is 2. The summed E-state index contributed by atoms with van der Waals surface area (Å²) in [7, 11) is -3.99. The van der Waals surface area contributed by atoms with Crippen LogP contribution >= 0.6 is 31.9 Å². The normalized spacial score (nSPS) is 13.2. The third kappa shape index (κ3) is 6.86. The highest BCUT2D eigenvalue weighted by Gasteiger charge is 2.42. The minimum atomic E-state index is -2.00. The van der Waals surface area contributed by atoms with Crippen LogP contribution in [0.15, 0.2) is 33.2 Å². The SMILES string of the molecule is CC(C)[Si](C#Cc1c2nc(c(Br)c3nc(c(C#C[Si](C(C)C)(C(C)C)C(C)C)c4ccc([nH]4)c(Br)c4ccc1[nH]4)C=C3)C=C2)(C(C)C)C(C)C. The van der Waals surface area contributed by atoms with Crippen LogP contribution in [0.1, 0.15) is 117 Å². The molecule has 0 radical (unpaired) electrons. The molecule has 3 aromatic rings. The van der Waals surface area contributed by atoms with Gasteiger partial charge in [-0.15, -0.1) is 11.1 Å². The molecule has 0 atom stereocenters. The van der Waals surface area contributed by atoms with Crippen LogP contribution in [0.25, 0.3) is 46.4 Å². The molecule has 0 saturated heterocycles. The standard InChI is InChI=1S/C42H52Br2N4Si2/c1-25(2)49(26(3)4,27(5)6)23-21-31-33-13-17-37(45-33)41(43)39-19-15-35(47-39)32(22-24-50(28(7)8,29(9)10)30(11)12)36-16-20-40(48-36)42(44)38-18-14-34(31)46-38/h13-20,25-30,45,47H,1-12H3. The van der Waals surface area contributed by atoms with Gasteiger partial charge in [0.05, 0.1) is 64.9 Å². The van der Waals surface area contributed by atoms with Crippen LogP contribution in [-0.4, -0.2) is 36.1 Å². The molecule has 0 aromatic carbocycles. The Hall–Kier alpha value is -2.89. The lowest BCUT2D eigenvalue weighted by Crippen LogP contribution is -2.43. The molecular formula is C42H52Br2N4Si2. The fraction of sp³-hybridized carbons (Fsp3) is 0.429. The molecule has 0 aliphatic carbocycles. The highest BCUT2D eigenvalue weighted by atomic mass is 79.9. The number of hydrogen-bond acceptors (Lipinski definition) is 2. The molecule has 0 amide bonds. The molecule has 0 unspecified atom stereocenters. The van der Waals surface area contributed by atoms with E-state index in [2.05, 4.69) is 196 Å². The number of nitrogens with one attached hydrogen (secondary N) is 2. The molecular weight excluding hydrogens is 776 g/mol. The molecule has 5 rings (SSSR count). The predicted molar refractivity (Wildman–Crippen MR) is 230 cm³/mol. The van der Waals surface area contributed by atoms with E-state index < -0.39 is 16.1 Å². The molecule has 0 fully saturated rings. The second kappa shape index (κ2) is 15.0. The van der Waals surface area contributed by atoms with Crippen LogP contribution in [0.3, 0.4) is 0 Å². The molecule has 262 valence electrons. The zero-order valence-corrected chi connectivity index (χ0v) is 36.9. The minimum Gasteiger partial charge on any atom is -0.353 e. The number of H-pyrrole nitrogens is 2. The minimum absolute atomic E-state index is 0.528. The van der Waals surface area contributed by atoms with E-state index in [-0.39, 0.29) is 0 Å². The maximum atomic E-state index is 5.16. The van der Waals surface area contributed by atoms with Gasteiger partial charge in [-0.05, 0) is 114 Å². The van der Waals surface area contributed by atoms with E-state index in [1.54, 1.807) is 0 Å². The first-order valence-corrected chi connectivity index (χ1v) is 24.1. The molecule has 8 bridgehead atoms. The molecule has 2 aliphatic heterocycles. The van der Waals surface area contributed by atoms with Crippen molar-refractivity contribution < 1.29 is 0 Å². The lowest BCUT2D eigenvalue weighted by Gasteiger charge is -2.38. The van der Waals surface area contributed by atoms with Crippen molar-refractivity contribution in [1.82, 2.24) is 19.9 Å². The van der Waals surface area contributed by atoms with Gasteiger partial charge >= 0.3 is 0 Å². The van der Waals surface area contributed by atoms with Crippen molar-refractivity contribution in [1.29, 1.82) is 0 Å². The third-order valence-electron chi connectivity index (χ3n) is 11.2. The summed E-state index contributed by atoms with van der Waals surface area (Å²) in [4.78, 5) is 17.7. The van der Waals surface area contributed by atoms with E-state index >= 15 is 0 Å². The van der Waals surface area contributed by atoms with Crippen molar-refractivity contribution in [2.75, 3.05) is 0 Å². The summed E-state index contributed by atoms with van der Waals surface area (Å²) in [6, 6.07) is 8.49. The average molecular weight is 829 g/mol. The van der Waals surface area contributed by atoms with Gasteiger partial charge in [0.15, 0.2) is 0 Å². The lowest BCUT2D eigenvalue weighted by molar-refractivity contribution is 0.838. The average Bonchev–Trinajstić information content (AvgIpc) is 3.87. The van der Waals surface area contributed by atoms with Crippen molar-refractivity contribution in [3.05, 3.63) is 67.1 Å². The van der Waals surface area contributed by atoms with Gasteiger partial charge in [0.25, 0.3) is 0 Å². The van der Waals surface area contributed by atoms with E-state index in [1.165, 1.54) is 0 Å². The molecule has 0 saturated carbocycles. The molecule has 0 spiro atoms. The van der Waals surface area contributed by atoms with E-state index in [4.69, 9.17) is 9.97 Å². The topological polar surface area (TPSA) is 57.4 Å². The second-order valence-electron chi connectivity index (χ2n) is 15.7. The van der Waals surface area contributed by atoms with Crippen molar-refractivity contribution in [3.63, 3.8) is 0 Å². The Labute approximate surface area is 318 Å². The van der Waals surface area contributed by atoms with Crippen molar-refractivity contribution in [2.45, 2.75) is 116 Å². The quantitative estimate of drug-likeness (QED) is 0.132. The molecule has 5 heterocycles. The maximum Gasteiger partial charge on any atom is 0.146 e. The molecule has 3 aromatic heterocycles. The fourth-order valence-corrected chi connectivity index (χ4v) is 19.9. The Morgan fingerprint density at radius 1 is 0.460 bits per heavy atom. The summed E-state index contributed by atoms with van der Waals surface area (Å²) in [5.74, 6) is 7.46. The van der Waals surface area contributed by atoms with Crippen LogP contribution in [0, 0.1) is 22.9 Å². The Morgan fingerprint density at radius 3 is 1.08 bits per heavy atom. The molecule has 2 aliphatic rings. The van der Waals surface area contributed by atoms with Crippen molar-refractivity contribution in [3.8, 4) is 22.9 Å². The number of hydrogen-bond donors (Lipinski definition) is 2. The highest BCUT2D eigenvalue weighted by molar-refractivity contribution is 9.11. The maximum absolute atomic E-state index is 5.16. The van der Waals surface area contributed by atoms with E-state index in [1.807, 2.05) is 0 Å². The van der Waals surface area contributed by atoms with Gasteiger partial charge in [-0.2, -0.15) is 0 Å². The van der Waals surface area contributed by atoms with Crippen LogP contribution in [0.2, 0.25) is 33.2 Å². The predicted octanol–water partition coefficient (Wildman–Crippen LogP) is 13.3. The van der Waals surface area contributed by atoms with E-state index in [0.717, 1.165) is 64.9 Å². The van der Waals surface area contributed by atoms with Crippen LogP contribution in [0.4, 0.5) is 0 Å². The first-order chi connectivity index (χ1) is 23.5. The number of fused-ring (bicyclic) bond motifs is 8. The third-order valence-corrected chi connectivity index (χ3v) is 25.4. The van der Waals surface area contributed by atoms with E-state index in [0.29, 0.717) is 33.2 Å². The van der Waals surface area contributed by atoms with E-state index in [9.17, 15) is 0 Å². The number of aromatic nitrogens is 4. The van der Waals surface area contributed by atoms with Gasteiger partial charge in [-0.25, -0.2) is 9.97 Å². The lowest BCUT2D eigenvalue weighted by atomic mass is 10.2. The zero-order chi connectivity index (χ0) is 36.7. The summed E-state index contributed by atoms with van der Waals surface area (Å²) < 4.78 is 1.79. The van der Waals surface area contributed by atoms with Gasteiger partial charge in [-0.3, -0.25) is 0 Å². The van der Waals surface area contributed by atoms with Gasteiger partial charge in [0, 0.05) is 0 Å². The van der Waals surface area contributed by atoms with Crippen molar-refractivity contribution in [2.24, 2.45) is 0 Å². The van der Waals surface area contributed by atoms with Crippen LogP contribution < -0.4 is 0 Å². The van der Waals surface area contributed by atoms with Crippen LogP contribution in [-0.2, 0) is 0 Å². The second-order valence-corrected chi connectivity index (χ2v) is 28.4. The summed E-state index contributed by atoms with van der Waals surface area (Å²) in [5.41, 5.74) is 20.1. The number of nitrogens with zero attached hydrogens (tertiary/aromatic N) is 2. The van der Waals surface area contributed by atoms with Gasteiger partial charge < -0.3 is 9.97 Å². The zero-order valence-electron chi connectivity index (χ0n) is 31.7. The first-order valence-electron chi connectivity index (χ1n) is 18.1. The first kappa shape index (κ1) is 38.3. The summed E-state index contributed by atoms with van der Waals surface area (Å²) in [6.07, 6.45) is 8.29. The highest BCUT2D eigenvalue weighted by Crippen LogP contribution is 2.42. The summed E-state index contributed by atoms with van der Waals surface area (Å²) in [6.45, 7) is 28.2. The van der Waals surface area contributed by atoms with Gasteiger partial charge in [0.2, 0.25) is 0 Å². The van der Waals surface area contributed by atoms with Crippen molar-refractivity contribution >= 4 is 94.4 Å². The largest absolute Gasteiger partial charge is 0.353 e. The van der Waals surface area contributed by atoms with Gasteiger partial charge in [-0.1, -0.05) is 94.9 Å². The fourth-order valence-electron chi connectivity index (χ4n) is 8.61. The number of halogens is 2. The number of rotatable bonds is 6. The summed E-state index contributed by atoms with van der Waals surface area (Å²) in [5, 5.41) is 0. The Morgan fingerprint density at radius 2 is 0.760 bits per heavy atom. The smallest absolute Gasteiger partial charge is 0.146 e. The molecule has 4 nitrogen and oxygen atoms in total. The summed E-state index contributed by atoms with van der Waals surface area (Å²) >= 11 is 7.83. The Kier molecular flexibility index (Phi) is 11.5.